The zero-order valence-corrected chi connectivity index (χ0v) is 40.2. The van der Waals surface area contributed by atoms with Gasteiger partial charge in [-0.25, -0.2) is 19.6 Å². The quantitative estimate of drug-likeness (QED) is 0.115. The van der Waals surface area contributed by atoms with Gasteiger partial charge in [-0.3, -0.25) is 9.59 Å². The summed E-state index contributed by atoms with van der Waals surface area (Å²) >= 11 is 0. The summed E-state index contributed by atoms with van der Waals surface area (Å²) in [6, 6.07) is 15.7. The summed E-state index contributed by atoms with van der Waals surface area (Å²) < 4.78 is 11.3. The lowest BCUT2D eigenvalue weighted by molar-refractivity contribution is -0.138. The molecule has 0 spiro atoms. The molecule has 2 aromatic carbocycles. The molecule has 68 heavy (non-hydrogen) atoms. The maximum absolute atomic E-state index is 14.5. The molecule has 0 bridgehead atoms. The topological polar surface area (TPSA) is 175 Å². The predicted octanol–water partition coefficient (Wildman–Crippen LogP) is 9.34. The number of carbonyl (C=O) groups excluding carboxylic acids is 4. The van der Waals surface area contributed by atoms with Gasteiger partial charge >= 0.3 is 12.2 Å². The second kappa shape index (κ2) is 15.9. The number of H-pyrrole nitrogens is 2. The predicted molar refractivity (Wildman–Crippen MR) is 254 cm³/mol. The number of piperidine rings is 2. The van der Waals surface area contributed by atoms with Crippen molar-refractivity contribution in [3.05, 3.63) is 72.6 Å². The van der Waals surface area contributed by atoms with Crippen LogP contribution in [0.1, 0.15) is 129 Å². The van der Waals surface area contributed by atoms with Crippen molar-refractivity contribution in [2.45, 2.75) is 153 Å². The molecule has 8 aliphatic rings. The van der Waals surface area contributed by atoms with Gasteiger partial charge in [0.2, 0.25) is 11.8 Å². The second-order valence-corrected chi connectivity index (χ2v) is 23.9. The Morgan fingerprint density at radius 2 is 0.868 bits per heavy atom. The summed E-state index contributed by atoms with van der Waals surface area (Å²) in [5.74, 6) is 5.44. The molecule has 2 aromatic heterocycles. The molecule has 2 saturated heterocycles. The number of nitrogens with zero attached hydrogens (tertiary/aromatic N) is 4. The summed E-state index contributed by atoms with van der Waals surface area (Å²) in [5, 5.41) is 6.07. The summed E-state index contributed by atoms with van der Waals surface area (Å²) in [6.07, 6.45) is 12.8. The average Bonchev–Trinajstić information content (AvgIpc) is 4.23. The van der Waals surface area contributed by atoms with Crippen LogP contribution in [0.25, 0.3) is 33.6 Å². The lowest BCUT2D eigenvalue weighted by Crippen LogP contribution is -2.53. The van der Waals surface area contributed by atoms with Crippen molar-refractivity contribution in [1.29, 1.82) is 0 Å². The smallest absolute Gasteiger partial charge is 0.408 e. The number of amides is 4. The molecule has 5 unspecified atom stereocenters. The molecule has 6 aliphatic carbocycles. The van der Waals surface area contributed by atoms with Crippen molar-refractivity contribution in [2.24, 2.45) is 47.3 Å². The number of aromatic amines is 2. The van der Waals surface area contributed by atoms with Crippen LogP contribution in [0.15, 0.2) is 60.9 Å². The number of benzene rings is 2. The molecule has 8 fully saturated rings. The third kappa shape index (κ3) is 8.47. The molecular formula is C54H66N8O6. The van der Waals surface area contributed by atoms with E-state index in [0.29, 0.717) is 35.5 Å². The van der Waals surface area contributed by atoms with Gasteiger partial charge in [-0.15, -0.1) is 0 Å². The van der Waals surface area contributed by atoms with Gasteiger partial charge in [-0.1, -0.05) is 48.5 Å². The van der Waals surface area contributed by atoms with E-state index in [9.17, 15) is 19.2 Å². The number of rotatable bonds is 11. The van der Waals surface area contributed by atoms with Crippen molar-refractivity contribution in [3.63, 3.8) is 0 Å². The van der Waals surface area contributed by atoms with E-state index >= 15 is 0 Å². The molecule has 4 N–H and O–H groups in total. The number of fused-ring (bicyclic) bond motifs is 4. The zero-order chi connectivity index (χ0) is 47.0. The fourth-order valence-corrected chi connectivity index (χ4v) is 13.0. The van der Waals surface area contributed by atoms with Gasteiger partial charge in [0.25, 0.3) is 0 Å². The van der Waals surface area contributed by atoms with Crippen molar-refractivity contribution >= 4 is 24.0 Å². The second-order valence-electron chi connectivity index (χ2n) is 23.9. The van der Waals surface area contributed by atoms with Gasteiger partial charge in [0.15, 0.2) is 0 Å². The van der Waals surface area contributed by atoms with E-state index in [-0.39, 0.29) is 47.8 Å². The molecule has 358 valence electrons. The number of aromatic nitrogens is 4. The summed E-state index contributed by atoms with van der Waals surface area (Å²) in [6.45, 7) is 11.1. The van der Waals surface area contributed by atoms with E-state index in [2.05, 4.69) is 69.1 Å². The number of carbonyl (C=O) groups is 4. The highest BCUT2D eigenvalue weighted by atomic mass is 16.6. The van der Waals surface area contributed by atoms with Crippen LogP contribution in [0.2, 0.25) is 0 Å². The Kier molecular flexibility index (Phi) is 10.2. The summed E-state index contributed by atoms with van der Waals surface area (Å²) in [5.41, 5.74) is 4.68. The number of hydrogen-bond acceptors (Lipinski definition) is 8. The summed E-state index contributed by atoms with van der Waals surface area (Å²) in [4.78, 5) is 76.1. The van der Waals surface area contributed by atoms with Crippen LogP contribution in [-0.2, 0) is 19.1 Å². The van der Waals surface area contributed by atoms with Gasteiger partial charge in [0, 0.05) is 12.1 Å². The Morgan fingerprint density at radius 3 is 1.22 bits per heavy atom. The molecule has 4 heterocycles. The van der Waals surface area contributed by atoms with Crippen molar-refractivity contribution in [2.75, 3.05) is 0 Å². The first kappa shape index (κ1) is 43.6. The fourth-order valence-electron chi connectivity index (χ4n) is 13.0. The van der Waals surface area contributed by atoms with Crippen LogP contribution in [0.4, 0.5) is 9.59 Å². The highest BCUT2D eigenvalue weighted by Gasteiger charge is 2.60. The van der Waals surface area contributed by atoms with E-state index in [0.717, 1.165) is 96.7 Å². The standard InChI is InChI=1S/C54H66N8O6/c1-53(2,3)67-51(65)59-45(37-17-31-15-32(31)18-37)49(63)61-41-21-35(41)23-43(61)47-55-25-39(57-47)29-11-7-27(8-12-29)28-9-13-30(14-10-28)40-26-56-48(58-40)44-24-36-22-42(36)62(44)50(64)46(38-19-33-16-34(33)20-38)60-52(66)68-54(4,5)6/h7-14,25-26,31-38,41-46H,15-24H2,1-6H3,(H,55,57)(H,56,58)(H,59,65)(H,60,66)/t31-,32+,33-,34+,35-,36?,37?,38?,41-,42-,43+,44+,45?,46?/m1/s1. The van der Waals surface area contributed by atoms with Gasteiger partial charge < -0.3 is 39.9 Å². The Morgan fingerprint density at radius 1 is 0.515 bits per heavy atom. The molecule has 4 amide bonds. The van der Waals surface area contributed by atoms with Crippen LogP contribution in [0, 0.1) is 47.3 Å². The summed E-state index contributed by atoms with van der Waals surface area (Å²) in [7, 11) is 0. The van der Waals surface area contributed by atoms with Gasteiger partial charge in [-0.05, 0) is 175 Å². The fraction of sp³-hybridized carbons (Fsp3) is 0.593. The molecule has 14 heteroatoms. The van der Waals surface area contributed by atoms with Crippen LogP contribution >= 0.6 is 0 Å². The molecule has 2 aliphatic heterocycles. The number of alkyl carbamates (subject to hydrolysis) is 2. The van der Waals surface area contributed by atoms with Gasteiger partial charge in [-0.2, -0.15) is 0 Å². The van der Waals surface area contributed by atoms with E-state index in [1.165, 1.54) is 12.8 Å². The largest absolute Gasteiger partial charge is 0.444 e. The molecule has 14 atom stereocenters. The van der Waals surface area contributed by atoms with E-state index in [1.807, 2.05) is 63.7 Å². The maximum atomic E-state index is 14.5. The number of likely N-dealkylation sites (tertiary alicyclic amines) is 2. The SMILES string of the molecule is CC(C)(C)OC(=O)NC(C(=O)N1[C@@H]2CC2C[C@H]1c1ncc(-c2ccc(-c3ccc(-c4cnc([C@@H]5C[C@H]6C[C@H]6N5C(=O)C(NC(=O)OC(C)(C)C)C5C[C@@H]6C[C@@H]6C5)[nH]4)cc3)cc2)[nH]1)C1C[C@@H]2C[C@@H]2C1. The van der Waals surface area contributed by atoms with Crippen LogP contribution in [0.5, 0.6) is 0 Å². The van der Waals surface area contributed by atoms with Crippen LogP contribution < -0.4 is 10.6 Å². The molecule has 12 rings (SSSR count). The Labute approximate surface area is 398 Å². The Hall–Kier alpha value is -5.66. The van der Waals surface area contributed by atoms with Crippen LogP contribution in [0.3, 0.4) is 0 Å². The number of hydrogen-bond donors (Lipinski definition) is 4. The molecule has 4 aromatic rings. The van der Waals surface area contributed by atoms with E-state index < -0.39 is 35.5 Å². The molecule has 14 nitrogen and oxygen atoms in total. The normalized spacial score (nSPS) is 32.3. The van der Waals surface area contributed by atoms with Crippen LogP contribution in [-0.4, -0.2) is 89.1 Å². The highest BCUT2D eigenvalue weighted by molar-refractivity contribution is 5.88. The minimum atomic E-state index is -0.650. The maximum Gasteiger partial charge on any atom is 0.408 e. The first-order valence-electron chi connectivity index (χ1n) is 25.4. The first-order chi connectivity index (χ1) is 32.5. The average molecular weight is 923 g/mol. The number of ether oxygens (including phenoxy) is 2. The van der Waals surface area contributed by atoms with Crippen molar-refractivity contribution < 1.29 is 28.7 Å². The zero-order valence-electron chi connectivity index (χ0n) is 40.2. The molecular weight excluding hydrogens is 857 g/mol. The van der Waals surface area contributed by atoms with E-state index in [4.69, 9.17) is 19.4 Å². The first-order valence-corrected chi connectivity index (χ1v) is 25.4. The third-order valence-corrected chi connectivity index (χ3v) is 16.6. The lowest BCUT2D eigenvalue weighted by atomic mass is 9.93. The Bertz CT molecular complexity index is 2430. The van der Waals surface area contributed by atoms with Gasteiger partial charge in [0.05, 0.1) is 35.9 Å². The highest BCUT2D eigenvalue weighted by Crippen LogP contribution is 2.59. The van der Waals surface area contributed by atoms with E-state index in [1.54, 1.807) is 0 Å². The van der Waals surface area contributed by atoms with Crippen molar-refractivity contribution in [3.8, 4) is 33.6 Å². The lowest BCUT2D eigenvalue weighted by Gasteiger charge is -2.34. The number of nitrogens with one attached hydrogen (secondary N) is 4. The van der Waals surface area contributed by atoms with Crippen molar-refractivity contribution in [1.82, 2.24) is 40.4 Å². The minimum absolute atomic E-state index is 0.00313. The Balaban J connectivity index is 0.707. The monoisotopic (exact) mass is 923 g/mol. The third-order valence-electron chi connectivity index (χ3n) is 16.6. The van der Waals surface area contributed by atoms with Gasteiger partial charge in [0.1, 0.15) is 34.9 Å². The minimum Gasteiger partial charge on any atom is -0.444 e. The molecule has 6 saturated carbocycles. The number of imidazole rings is 2. The molecule has 0 radical (unpaired) electrons.